The lowest BCUT2D eigenvalue weighted by atomic mass is 9.91. The lowest BCUT2D eigenvalue weighted by molar-refractivity contribution is 0.411. The number of nitrogens with two attached hydrogens (primary N) is 1. The molecule has 1 saturated carbocycles. The smallest absolute Gasteiger partial charge is 0.0992 e. The minimum Gasteiger partial charge on any atom is -0.381 e. The molecule has 0 spiro atoms. The number of halogens is 1. The minimum absolute atomic E-state index is 0.362. The molecule has 106 valence electrons. The van der Waals surface area contributed by atoms with E-state index in [-0.39, 0.29) is 0 Å². The maximum Gasteiger partial charge on any atom is 0.0992 e. The molecule has 0 bridgehead atoms. The maximum atomic E-state index is 6.35. The Balaban J connectivity index is 1.85. The van der Waals surface area contributed by atoms with E-state index in [0.717, 1.165) is 42.1 Å². The van der Waals surface area contributed by atoms with Gasteiger partial charge in [-0.1, -0.05) is 17.7 Å². The topological polar surface area (TPSA) is 55.9 Å². The summed E-state index contributed by atoms with van der Waals surface area (Å²) in [6.07, 6.45) is 9.81. The molecule has 0 unspecified atom stereocenters. The average molecular weight is 291 g/mol. The Morgan fingerprint density at radius 2 is 2.05 bits per heavy atom. The van der Waals surface area contributed by atoms with Gasteiger partial charge in [-0.05, 0) is 37.8 Å². The number of nitrogens with one attached hydrogen (secondary N) is 1. The second-order valence-corrected chi connectivity index (χ2v) is 5.77. The van der Waals surface area contributed by atoms with Crippen molar-refractivity contribution in [3.63, 3.8) is 0 Å². The lowest BCUT2D eigenvalue weighted by Crippen LogP contribution is -2.33. The van der Waals surface area contributed by atoms with Crippen LogP contribution in [0.25, 0.3) is 5.69 Å². The van der Waals surface area contributed by atoms with Crippen LogP contribution in [0.2, 0.25) is 5.02 Å². The van der Waals surface area contributed by atoms with Gasteiger partial charge in [-0.2, -0.15) is 0 Å². The van der Waals surface area contributed by atoms with Crippen LogP contribution in [0.3, 0.4) is 0 Å². The fraction of sp³-hybridized carbons (Fsp3) is 0.400. The van der Waals surface area contributed by atoms with Gasteiger partial charge in [-0.15, -0.1) is 0 Å². The van der Waals surface area contributed by atoms with Crippen LogP contribution in [0.4, 0.5) is 5.69 Å². The molecule has 1 fully saturated rings. The fourth-order valence-electron chi connectivity index (χ4n) is 2.77. The van der Waals surface area contributed by atoms with Crippen molar-refractivity contribution in [1.82, 2.24) is 9.55 Å². The first-order valence-electron chi connectivity index (χ1n) is 7.03. The molecular weight excluding hydrogens is 272 g/mol. The van der Waals surface area contributed by atoms with Crippen LogP contribution >= 0.6 is 11.6 Å². The van der Waals surface area contributed by atoms with Crippen molar-refractivity contribution in [3.05, 3.63) is 41.9 Å². The van der Waals surface area contributed by atoms with E-state index in [2.05, 4.69) is 16.4 Å². The Hall–Kier alpha value is -1.52. The molecular formula is C15H19ClN4. The van der Waals surface area contributed by atoms with Gasteiger partial charge in [0.25, 0.3) is 0 Å². The normalized spacial score (nSPS) is 22.7. The zero-order valence-electron chi connectivity index (χ0n) is 11.3. The number of aromatic nitrogens is 2. The highest BCUT2D eigenvalue weighted by atomic mass is 35.5. The summed E-state index contributed by atoms with van der Waals surface area (Å²) in [6.45, 7) is 0. The van der Waals surface area contributed by atoms with E-state index in [1.807, 2.05) is 22.9 Å². The van der Waals surface area contributed by atoms with Gasteiger partial charge in [-0.3, -0.25) is 0 Å². The highest BCUT2D eigenvalue weighted by Gasteiger charge is 2.19. The van der Waals surface area contributed by atoms with Crippen LogP contribution in [0, 0.1) is 0 Å². The van der Waals surface area contributed by atoms with Crippen LogP contribution in [0.1, 0.15) is 25.7 Å². The third kappa shape index (κ3) is 2.81. The van der Waals surface area contributed by atoms with Gasteiger partial charge in [0.15, 0.2) is 0 Å². The summed E-state index contributed by atoms with van der Waals surface area (Å²) in [5.41, 5.74) is 7.97. The van der Waals surface area contributed by atoms with Gasteiger partial charge in [0.1, 0.15) is 0 Å². The zero-order chi connectivity index (χ0) is 13.9. The molecule has 4 nitrogen and oxygen atoms in total. The molecule has 3 rings (SSSR count). The highest BCUT2D eigenvalue weighted by molar-refractivity contribution is 6.33. The number of anilines is 1. The van der Waals surface area contributed by atoms with Crippen molar-refractivity contribution in [3.8, 4) is 5.69 Å². The first-order chi connectivity index (χ1) is 9.74. The zero-order valence-corrected chi connectivity index (χ0v) is 12.1. The van der Waals surface area contributed by atoms with Crippen molar-refractivity contribution < 1.29 is 0 Å². The van der Waals surface area contributed by atoms with Crippen molar-refractivity contribution in [2.45, 2.75) is 37.8 Å². The van der Waals surface area contributed by atoms with E-state index in [1.54, 1.807) is 12.5 Å². The Morgan fingerprint density at radius 3 is 2.75 bits per heavy atom. The molecule has 1 aliphatic carbocycles. The second-order valence-electron chi connectivity index (χ2n) is 5.36. The number of rotatable bonds is 3. The highest BCUT2D eigenvalue weighted by Crippen LogP contribution is 2.30. The van der Waals surface area contributed by atoms with E-state index in [4.69, 9.17) is 17.3 Å². The molecule has 1 aromatic carbocycles. The van der Waals surface area contributed by atoms with Gasteiger partial charge >= 0.3 is 0 Å². The summed E-state index contributed by atoms with van der Waals surface area (Å²) in [5, 5.41) is 4.33. The molecule has 3 N–H and O–H groups in total. The van der Waals surface area contributed by atoms with Gasteiger partial charge in [0, 0.05) is 24.5 Å². The predicted octanol–water partition coefficient (Wildman–Crippen LogP) is 3.21. The van der Waals surface area contributed by atoms with Crippen molar-refractivity contribution in [1.29, 1.82) is 0 Å². The monoisotopic (exact) mass is 290 g/mol. The summed E-state index contributed by atoms with van der Waals surface area (Å²) in [5.74, 6) is 0. The summed E-state index contributed by atoms with van der Waals surface area (Å²) < 4.78 is 1.94. The van der Waals surface area contributed by atoms with Crippen molar-refractivity contribution >= 4 is 17.3 Å². The van der Waals surface area contributed by atoms with Crippen LogP contribution < -0.4 is 11.1 Å². The van der Waals surface area contributed by atoms with Crippen LogP contribution in [0.15, 0.2) is 36.9 Å². The summed E-state index contributed by atoms with van der Waals surface area (Å²) in [7, 11) is 0. The van der Waals surface area contributed by atoms with E-state index in [0.29, 0.717) is 12.1 Å². The van der Waals surface area contributed by atoms with Crippen LogP contribution in [-0.4, -0.2) is 21.6 Å². The molecule has 0 amide bonds. The SMILES string of the molecule is NC1CCC(Nc2cccc(Cl)c2-n2ccnc2)CC1. The molecule has 1 heterocycles. The van der Waals surface area contributed by atoms with E-state index in [9.17, 15) is 0 Å². The number of benzene rings is 1. The lowest BCUT2D eigenvalue weighted by Gasteiger charge is -2.28. The Morgan fingerprint density at radius 1 is 1.25 bits per heavy atom. The Labute approximate surface area is 124 Å². The van der Waals surface area contributed by atoms with Crippen molar-refractivity contribution in [2.75, 3.05) is 5.32 Å². The largest absolute Gasteiger partial charge is 0.381 e. The summed E-state index contributed by atoms with van der Waals surface area (Å²) in [6, 6.07) is 6.77. The quantitative estimate of drug-likeness (QED) is 0.913. The molecule has 0 aliphatic heterocycles. The second kappa shape index (κ2) is 5.85. The van der Waals surface area contributed by atoms with Crippen molar-refractivity contribution in [2.24, 2.45) is 5.73 Å². The minimum atomic E-state index is 0.362. The molecule has 2 aromatic rings. The number of nitrogens with zero attached hydrogens (tertiary/aromatic N) is 2. The van der Waals surface area contributed by atoms with Gasteiger partial charge < -0.3 is 15.6 Å². The third-order valence-corrected chi connectivity index (χ3v) is 4.19. The average Bonchev–Trinajstić information content (AvgIpc) is 2.95. The van der Waals surface area contributed by atoms with Gasteiger partial charge in [-0.25, -0.2) is 4.98 Å². The first-order valence-corrected chi connectivity index (χ1v) is 7.41. The predicted molar refractivity (Wildman–Crippen MR) is 82.4 cm³/mol. The molecule has 1 aromatic heterocycles. The van der Waals surface area contributed by atoms with Crippen LogP contribution in [0.5, 0.6) is 0 Å². The number of hydrogen-bond donors (Lipinski definition) is 2. The number of imidazole rings is 1. The standard InChI is InChI=1S/C15H19ClN4/c16-13-2-1-3-14(15(13)20-9-8-18-10-20)19-12-6-4-11(17)5-7-12/h1-3,8-12,19H,4-7,17H2. The molecule has 0 radical (unpaired) electrons. The summed E-state index contributed by atoms with van der Waals surface area (Å²) in [4.78, 5) is 4.10. The molecule has 5 heteroatoms. The maximum absolute atomic E-state index is 6.35. The van der Waals surface area contributed by atoms with Crippen LogP contribution in [-0.2, 0) is 0 Å². The third-order valence-electron chi connectivity index (χ3n) is 3.88. The van der Waals surface area contributed by atoms with Gasteiger partial charge in [0.05, 0.1) is 22.7 Å². The fourth-order valence-corrected chi connectivity index (χ4v) is 3.04. The van der Waals surface area contributed by atoms with E-state index in [1.165, 1.54) is 0 Å². The Bertz CT molecular complexity index is 559. The van der Waals surface area contributed by atoms with Gasteiger partial charge in [0.2, 0.25) is 0 Å². The Kier molecular flexibility index (Phi) is 3.94. The molecule has 0 atom stereocenters. The number of para-hydroxylation sites is 1. The molecule has 20 heavy (non-hydrogen) atoms. The summed E-state index contributed by atoms with van der Waals surface area (Å²) >= 11 is 6.35. The van der Waals surface area contributed by atoms with E-state index >= 15 is 0 Å². The van der Waals surface area contributed by atoms with E-state index < -0.39 is 0 Å². The molecule has 0 saturated heterocycles. The number of hydrogen-bond acceptors (Lipinski definition) is 3. The molecule has 1 aliphatic rings. The first kappa shape index (κ1) is 13.5.